The van der Waals surface area contributed by atoms with Gasteiger partial charge in [0.15, 0.2) is 0 Å². The second-order valence-electron chi connectivity index (χ2n) is 3.91. The van der Waals surface area contributed by atoms with Gasteiger partial charge in [-0.3, -0.25) is 0 Å². The van der Waals surface area contributed by atoms with E-state index in [0.717, 1.165) is 0 Å². The molecule has 0 atom stereocenters. The van der Waals surface area contributed by atoms with Gasteiger partial charge in [-0.1, -0.05) is 27.7 Å². The van der Waals surface area contributed by atoms with Gasteiger partial charge >= 0.3 is 35.9 Å². The predicted molar refractivity (Wildman–Crippen MR) is 64.2 cm³/mol. The fraction of sp³-hybridized carbons (Fsp3) is 0.833. The monoisotopic (exact) mass is 304 g/mol. The molecule has 0 aromatic carbocycles. The third kappa shape index (κ3) is 36.0. The fourth-order valence-corrected chi connectivity index (χ4v) is 0.600. The third-order valence-electron chi connectivity index (χ3n) is 1.11. The first kappa shape index (κ1) is 27.3. The van der Waals surface area contributed by atoms with Crippen LogP contribution in [0.1, 0.15) is 27.7 Å². The van der Waals surface area contributed by atoms with Crippen molar-refractivity contribution in [3.63, 3.8) is 0 Å². The van der Waals surface area contributed by atoms with Gasteiger partial charge in [0.25, 0.3) is 0 Å². The standard InChI is InChI=1S/2C6H13O2.Cu.Li/c2*1-6(2)4-8-5-7-3;;/h2*4,6H,5H2,1-3H3;;/q2*-1;2*+1. The Morgan fingerprint density at radius 2 is 1.06 bits per heavy atom. The molecule has 18 heavy (non-hydrogen) atoms. The van der Waals surface area contributed by atoms with Gasteiger partial charge in [0.05, 0.1) is 0 Å². The molecule has 0 spiro atoms. The molecule has 0 amide bonds. The van der Waals surface area contributed by atoms with Gasteiger partial charge in [-0.25, -0.2) is 13.2 Å². The van der Waals surface area contributed by atoms with Gasteiger partial charge in [0.2, 0.25) is 0 Å². The molecule has 0 aliphatic heterocycles. The second kappa shape index (κ2) is 23.1. The predicted octanol–water partition coefficient (Wildman–Crippen LogP) is -0.149. The van der Waals surface area contributed by atoms with Gasteiger partial charge < -0.3 is 18.9 Å². The quantitative estimate of drug-likeness (QED) is 0.270. The minimum Gasteiger partial charge on any atom is -0.532 e. The van der Waals surface area contributed by atoms with Crippen LogP contribution in [-0.4, -0.2) is 27.8 Å². The van der Waals surface area contributed by atoms with Crippen molar-refractivity contribution in [2.75, 3.05) is 27.8 Å². The van der Waals surface area contributed by atoms with Crippen molar-refractivity contribution in [2.45, 2.75) is 27.7 Å². The Morgan fingerprint density at radius 1 is 0.778 bits per heavy atom. The Balaban J connectivity index is -0.0000000980. The Hall–Kier alpha value is 0.957. The summed E-state index contributed by atoms with van der Waals surface area (Å²) < 4.78 is 19.1. The first-order valence-corrected chi connectivity index (χ1v) is 5.42. The maximum Gasteiger partial charge on any atom is 1.00 e. The molecule has 4 nitrogen and oxygen atoms in total. The maximum absolute atomic E-state index is 4.90. The first-order valence-electron chi connectivity index (χ1n) is 5.42. The van der Waals surface area contributed by atoms with Gasteiger partial charge in [-0.2, -0.15) is 11.8 Å². The van der Waals surface area contributed by atoms with Crippen LogP contribution in [0.15, 0.2) is 0 Å². The van der Waals surface area contributed by atoms with Crippen LogP contribution >= 0.6 is 0 Å². The van der Waals surface area contributed by atoms with Crippen LogP contribution in [0.3, 0.4) is 0 Å². The van der Waals surface area contributed by atoms with E-state index in [1.807, 2.05) is 0 Å². The number of rotatable bonds is 8. The van der Waals surface area contributed by atoms with E-state index in [2.05, 4.69) is 37.2 Å². The molecule has 0 N–H and O–H groups in total. The Labute approximate surface area is 135 Å². The number of ether oxygens (including phenoxy) is 4. The molecule has 0 radical (unpaired) electrons. The molecule has 0 aliphatic rings. The molecule has 0 saturated heterocycles. The summed E-state index contributed by atoms with van der Waals surface area (Å²) in [4.78, 5) is 0. The van der Waals surface area contributed by atoms with Crippen molar-refractivity contribution in [2.24, 2.45) is 11.8 Å². The Morgan fingerprint density at radius 3 is 1.22 bits per heavy atom. The largest absolute Gasteiger partial charge is 1.00 e. The van der Waals surface area contributed by atoms with Crippen LogP contribution in [0.25, 0.3) is 0 Å². The molecule has 6 heteroatoms. The zero-order valence-electron chi connectivity index (χ0n) is 12.7. The van der Waals surface area contributed by atoms with Crippen molar-refractivity contribution in [3.05, 3.63) is 13.2 Å². The van der Waals surface area contributed by atoms with Gasteiger partial charge in [0, 0.05) is 14.2 Å². The average Bonchev–Trinajstić information content (AvgIpc) is 2.18. The van der Waals surface area contributed by atoms with E-state index < -0.39 is 0 Å². The molecule has 0 unspecified atom stereocenters. The van der Waals surface area contributed by atoms with Gasteiger partial charge in [0.1, 0.15) is 13.6 Å². The summed E-state index contributed by atoms with van der Waals surface area (Å²) in [5.41, 5.74) is 0. The van der Waals surface area contributed by atoms with Crippen molar-refractivity contribution in [1.29, 1.82) is 0 Å². The normalized spacial score (nSPS) is 9.33. The molecule has 0 heterocycles. The Bertz CT molecular complexity index is 113. The number of methoxy groups -OCH3 is 2. The molecule has 0 bridgehead atoms. The topological polar surface area (TPSA) is 36.9 Å². The van der Waals surface area contributed by atoms with E-state index in [-0.39, 0.29) is 35.9 Å². The third-order valence-corrected chi connectivity index (χ3v) is 1.11. The van der Waals surface area contributed by atoms with Crippen molar-refractivity contribution in [3.8, 4) is 0 Å². The van der Waals surface area contributed by atoms with E-state index in [0.29, 0.717) is 25.4 Å². The summed E-state index contributed by atoms with van der Waals surface area (Å²) in [6.45, 7) is 12.4. The minimum absolute atomic E-state index is 0. The summed E-state index contributed by atoms with van der Waals surface area (Å²) in [5, 5.41) is 0. The minimum atomic E-state index is 0. The summed E-state index contributed by atoms with van der Waals surface area (Å²) in [5.74, 6) is 0.954. The first-order chi connectivity index (χ1) is 7.54. The van der Waals surface area contributed by atoms with Crippen LogP contribution in [0.2, 0.25) is 0 Å². The maximum atomic E-state index is 4.90. The zero-order chi connectivity index (χ0) is 12.8. The molecule has 0 aromatic heterocycles. The van der Waals surface area contributed by atoms with E-state index in [1.54, 1.807) is 27.4 Å². The molecule has 0 fully saturated rings. The number of hydrogen-bond acceptors (Lipinski definition) is 4. The Kier molecular flexibility index (Phi) is 35.0. The van der Waals surface area contributed by atoms with Gasteiger partial charge in [-0.05, 0) is 0 Å². The summed E-state index contributed by atoms with van der Waals surface area (Å²) in [6.07, 6.45) is 0. The smallest absolute Gasteiger partial charge is 0.532 e. The van der Waals surface area contributed by atoms with Crippen molar-refractivity contribution < 1.29 is 54.9 Å². The SMILES string of the molecule is COCO[CH-]C(C)C.COCO[CH-]C(C)C.[Cu+].[Li+]. The van der Waals surface area contributed by atoms with Crippen LogP contribution < -0.4 is 18.9 Å². The van der Waals surface area contributed by atoms with E-state index >= 15 is 0 Å². The van der Waals surface area contributed by atoms with Crippen LogP contribution in [0.5, 0.6) is 0 Å². The second-order valence-corrected chi connectivity index (χ2v) is 3.91. The summed E-state index contributed by atoms with van der Waals surface area (Å²) in [7, 11) is 3.21. The molecule has 110 valence electrons. The van der Waals surface area contributed by atoms with E-state index in [1.165, 1.54) is 0 Å². The summed E-state index contributed by atoms with van der Waals surface area (Å²) in [6, 6.07) is 0. The molecule has 0 aliphatic carbocycles. The zero-order valence-corrected chi connectivity index (χ0v) is 13.6. The van der Waals surface area contributed by atoms with Crippen LogP contribution in [-0.2, 0) is 36.0 Å². The van der Waals surface area contributed by atoms with E-state index in [9.17, 15) is 0 Å². The van der Waals surface area contributed by atoms with Crippen molar-refractivity contribution in [1.82, 2.24) is 0 Å². The average molecular weight is 305 g/mol. The van der Waals surface area contributed by atoms with Crippen LogP contribution in [0, 0.1) is 25.0 Å². The molecule has 0 rings (SSSR count). The van der Waals surface area contributed by atoms with Gasteiger partial charge in [-0.15, -0.1) is 0 Å². The molecular weight excluding hydrogens is 279 g/mol. The number of hydrogen-bond donors (Lipinski definition) is 0. The van der Waals surface area contributed by atoms with Crippen molar-refractivity contribution >= 4 is 0 Å². The van der Waals surface area contributed by atoms with Crippen LogP contribution in [0.4, 0.5) is 0 Å². The summed E-state index contributed by atoms with van der Waals surface area (Å²) >= 11 is 0. The molecule has 0 saturated carbocycles. The fourth-order valence-electron chi connectivity index (χ4n) is 0.600. The molecular formula is C12H26CuLiO4. The molecule has 0 aromatic rings. The van der Waals surface area contributed by atoms with E-state index in [4.69, 9.17) is 9.47 Å².